The molecule has 0 spiro atoms. The van der Waals surface area contributed by atoms with E-state index in [-0.39, 0.29) is 19.5 Å². The summed E-state index contributed by atoms with van der Waals surface area (Å²) in [6.45, 7) is 6.11. The highest BCUT2D eigenvalue weighted by molar-refractivity contribution is 7.86. The zero-order chi connectivity index (χ0) is 18.5. The van der Waals surface area contributed by atoms with Crippen LogP contribution < -0.4 is 5.32 Å². The van der Waals surface area contributed by atoms with Crippen LogP contribution in [-0.4, -0.2) is 76.1 Å². The minimum atomic E-state index is -3.61. The SMILES string of the molecule is COC(=O)[C@@H]1C[C@@H](OS(C)(=O)=O)CN1CCNC(=O)OC(C)(C)C. The minimum absolute atomic E-state index is 0.214. The number of nitrogens with one attached hydrogen (secondary N) is 1. The van der Waals surface area contributed by atoms with E-state index in [0.29, 0.717) is 6.54 Å². The number of hydrogen-bond acceptors (Lipinski definition) is 8. The number of nitrogens with zero attached hydrogens (tertiary/aromatic N) is 1. The zero-order valence-electron chi connectivity index (χ0n) is 14.7. The first-order valence-corrected chi connectivity index (χ1v) is 9.40. The van der Waals surface area contributed by atoms with Crippen LogP contribution in [0, 0.1) is 0 Å². The van der Waals surface area contributed by atoms with Crippen LogP contribution in [0.1, 0.15) is 27.2 Å². The Bertz CT molecular complexity index is 556. The molecule has 1 fully saturated rings. The lowest BCUT2D eigenvalue weighted by Crippen LogP contribution is -2.42. The van der Waals surface area contributed by atoms with Crippen LogP contribution in [0.2, 0.25) is 0 Å². The minimum Gasteiger partial charge on any atom is -0.468 e. The Kier molecular flexibility index (Phi) is 6.99. The molecule has 9 nitrogen and oxygen atoms in total. The molecule has 1 rings (SSSR count). The highest BCUT2D eigenvalue weighted by atomic mass is 32.2. The van der Waals surface area contributed by atoms with Crippen LogP contribution >= 0.6 is 0 Å². The van der Waals surface area contributed by atoms with Crippen LogP contribution in [-0.2, 0) is 28.6 Å². The number of carbonyl (C=O) groups is 2. The van der Waals surface area contributed by atoms with Crippen LogP contribution in [0.3, 0.4) is 0 Å². The van der Waals surface area contributed by atoms with Crippen molar-refractivity contribution in [3.63, 3.8) is 0 Å². The van der Waals surface area contributed by atoms with Crippen LogP contribution in [0.25, 0.3) is 0 Å². The van der Waals surface area contributed by atoms with Crippen molar-refractivity contribution in [3.8, 4) is 0 Å². The standard InChI is InChI=1S/C14H26N2O7S/c1-14(2,3)22-13(18)15-6-7-16-9-10(23-24(5,19)20)8-11(16)12(17)21-4/h10-11H,6-9H2,1-5H3,(H,15,18)/t10-,11+/m1/s1. The van der Waals surface area contributed by atoms with Crippen molar-refractivity contribution in [3.05, 3.63) is 0 Å². The Morgan fingerprint density at radius 2 is 1.92 bits per heavy atom. The van der Waals surface area contributed by atoms with Gasteiger partial charge in [-0.2, -0.15) is 8.42 Å². The van der Waals surface area contributed by atoms with Crippen molar-refractivity contribution in [1.82, 2.24) is 10.2 Å². The molecule has 0 bridgehead atoms. The van der Waals surface area contributed by atoms with Crippen molar-refractivity contribution < 1.29 is 31.7 Å². The highest BCUT2D eigenvalue weighted by Gasteiger charge is 2.39. The Morgan fingerprint density at radius 1 is 1.29 bits per heavy atom. The summed E-state index contributed by atoms with van der Waals surface area (Å²) >= 11 is 0. The van der Waals surface area contributed by atoms with Gasteiger partial charge < -0.3 is 14.8 Å². The van der Waals surface area contributed by atoms with Crippen molar-refractivity contribution in [2.24, 2.45) is 0 Å². The molecule has 0 aromatic rings. The van der Waals surface area contributed by atoms with Gasteiger partial charge in [0.15, 0.2) is 0 Å². The van der Waals surface area contributed by atoms with Crippen LogP contribution in [0.5, 0.6) is 0 Å². The van der Waals surface area contributed by atoms with Crippen molar-refractivity contribution >= 4 is 22.2 Å². The number of carbonyl (C=O) groups excluding carboxylic acids is 2. The molecular weight excluding hydrogens is 340 g/mol. The first-order valence-electron chi connectivity index (χ1n) is 7.58. The summed E-state index contributed by atoms with van der Waals surface area (Å²) < 4.78 is 37.3. The number of alkyl carbamates (subject to hydrolysis) is 1. The lowest BCUT2D eigenvalue weighted by Gasteiger charge is -2.23. The molecule has 0 aromatic heterocycles. The molecule has 0 aliphatic carbocycles. The van der Waals surface area contributed by atoms with E-state index in [1.54, 1.807) is 25.7 Å². The third-order valence-corrected chi connectivity index (χ3v) is 3.84. The van der Waals surface area contributed by atoms with E-state index >= 15 is 0 Å². The van der Waals surface area contributed by atoms with Gasteiger partial charge in [0.25, 0.3) is 10.1 Å². The zero-order valence-corrected chi connectivity index (χ0v) is 15.5. The van der Waals surface area contributed by atoms with E-state index in [4.69, 9.17) is 13.7 Å². The molecule has 1 N–H and O–H groups in total. The molecule has 0 unspecified atom stereocenters. The first kappa shape index (κ1) is 20.7. The fraction of sp³-hybridized carbons (Fsp3) is 0.857. The van der Waals surface area contributed by atoms with Gasteiger partial charge in [-0.15, -0.1) is 0 Å². The fourth-order valence-electron chi connectivity index (χ4n) is 2.42. The smallest absolute Gasteiger partial charge is 0.407 e. The third kappa shape index (κ3) is 7.45. The summed E-state index contributed by atoms with van der Waals surface area (Å²) in [7, 11) is -2.34. The van der Waals surface area contributed by atoms with Gasteiger partial charge in [0.05, 0.1) is 19.5 Å². The predicted octanol–water partition coefficient (Wildman–Crippen LogP) is 0.103. The molecule has 24 heavy (non-hydrogen) atoms. The van der Waals surface area contributed by atoms with E-state index in [2.05, 4.69) is 5.32 Å². The maximum Gasteiger partial charge on any atom is 0.407 e. The highest BCUT2D eigenvalue weighted by Crippen LogP contribution is 2.22. The molecular formula is C14H26N2O7S. The molecule has 0 saturated carbocycles. The van der Waals surface area contributed by atoms with Crippen molar-refractivity contribution in [1.29, 1.82) is 0 Å². The number of rotatable bonds is 6. The third-order valence-electron chi connectivity index (χ3n) is 3.22. The van der Waals surface area contributed by atoms with E-state index in [9.17, 15) is 18.0 Å². The molecule has 1 aliphatic heterocycles. The first-order chi connectivity index (χ1) is 10.9. The summed E-state index contributed by atoms with van der Waals surface area (Å²) in [6, 6.07) is -0.609. The van der Waals surface area contributed by atoms with Crippen LogP contribution in [0.15, 0.2) is 0 Å². The summed E-state index contributed by atoms with van der Waals surface area (Å²) in [5.74, 6) is -0.466. The molecule has 0 radical (unpaired) electrons. The summed E-state index contributed by atoms with van der Waals surface area (Å²) in [4.78, 5) is 25.2. The van der Waals surface area contributed by atoms with Crippen LogP contribution in [0.4, 0.5) is 4.79 Å². The molecule has 1 amide bonds. The van der Waals surface area contributed by atoms with Gasteiger partial charge in [-0.1, -0.05) is 0 Å². The van der Waals surface area contributed by atoms with Crippen molar-refractivity contribution in [2.75, 3.05) is 33.0 Å². The average molecular weight is 366 g/mol. The lowest BCUT2D eigenvalue weighted by atomic mass is 10.2. The maximum absolute atomic E-state index is 11.8. The predicted molar refractivity (Wildman–Crippen MR) is 85.9 cm³/mol. The topological polar surface area (TPSA) is 111 Å². The number of likely N-dealkylation sites (tertiary alicyclic amines) is 1. The van der Waals surface area contributed by atoms with Gasteiger partial charge in [0.1, 0.15) is 11.6 Å². The van der Waals surface area contributed by atoms with Gasteiger partial charge in [-0.05, 0) is 20.8 Å². The molecule has 1 aliphatic rings. The summed E-state index contributed by atoms with van der Waals surface area (Å²) in [6.07, 6.45) is 0.00450. The monoisotopic (exact) mass is 366 g/mol. The van der Waals surface area contributed by atoms with E-state index < -0.39 is 39.9 Å². The van der Waals surface area contributed by atoms with E-state index in [1.165, 1.54) is 7.11 Å². The number of amides is 1. The van der Waals surface area contributed by atoms with E-state index in [1.807, 2.05) is 0 Å². The second-order valence-corrected chi connectivity index (χ2v) is 8.22. The summed E-state index contributed by atoms with van der Waals surface area (Å²) in [5.41, 5.74) is -0.597. The van der Waals surface area contributed by atoms with Gasteiger partial charge in [0, 0.05) is 26.1 Å². The lowest BCUT2D eigenvalue weighted by molar-refractivity contribution is -0.145. The van der Waals surface area contributed by atoms with Gasteiger partial charge in [-0.3, -0.25) is 13.9 Å². The Morgan fingerprint density at radius 3 is 2.42 bits per heavy atom. The normalized spacial score (nSPS) is 22.2. The number of methoxy groups -OCH3 is 1. The molecule has 1 saturated heterocycles. The maximum atomic E-state index is 11.8. The van der Waals surface area contributed by atoms with Crippen molar-refractivity contribution in [2.45, 2.75) is 44.9 Å². The molecule has 1 heterocycles. The molecule has 2 atom stereocenters. The number of ether oxygens (including phenoxy) is 2. The second-order valence-electron chi connectivity index (χ2n) is 6.62. The van der Waals surface area contributed by atoms with Gasteiger partial charge in [0.2, 0.25) is 0 Å². The Balaban J connectivity index is 2.56. The fourth-order valence-corrected chi connectivity index (χ4v) is 3.06. The Labute approximate surface area is 142 Å². The molecule has 140 valence electrons. The number of esters is 1. The molecule has 10 heteroatoms. The number of hydrogen-bond donors (Lipinski definition) is 1. The second kappa shape index (κ2) is 8.13. The quantitative estimate of drug-likeness (QED) is 0.520. The average Bonchev–Trinajstić information content (AvgIpc) is 2.76. The Hall–Kier alpha value is -1.39. The largest absolute Gasteiger partial charge is 0.468 e. The van der Waals surface area contributed by atoms with Gasteiger partial charge >= 0.3 is 12.1 Å². The van der Waals surface area contributed by atoms with Gasteiger partial charge in [-0.25, -0.2) is 4.79 Å². The molecule has 0 aromatic carbocycles. The van der Waals surface area contributed by atoms with E-state index in [0.717, 1.165) is 6.26 Å². The summed E-state index contributed by atoms with van der Waals surface area (Å²) in [5, 5.41) is 2.59.